The zero-order valence-electron chi connectivity index (χ0n) is 15.6. The van der Waals surface area contributed by atoms with Gasteiger partial charge in [-0.1, -0.05) is 32.5 Å². The molecule has 0 bridgehead atoms. The fourth-order valence-corrected chi connectivity index (χ4v) is 2.83. The standard InChI is InChI=1S/C18H24N4O3S/c1-11(18(2,3)4)21-22-17-20-16(24)14(26-17)10-15(23)19-12-6-8-13(25-5)9-7-12/h6-9,14H,10H2,1-5H3,(H,19,23)(H,20,22,24)/b21-11+. The van der Waals surface area contributed by atoms with Crippen molar-refractivity contribution in [1.29, 1.82) is 0 Å². The second kappa shape index (κ2) is 8.35. The summed E-state index contributed by atoms with van der Waals surface area (Å²) in [5.41, 5.74) is 1.42. The van der Waals surface area contributed by atoms with Gasteiger partial charge >= 0.3 is 0 Å². The van der Waals surface area contributed by atoms with Crippen molar-refractivity contribution in [3.63, 3.8) is 0 Å². The number of benzene rings is 1. The third-order valence-corrected chi connectivity index (χ3v) is 4.97. The first kappa shape index (κ1) is 20.0. The molecule has 1 aliphatic rings. The highest BCUT2D eigenvalue weighted by Crippen LogP contribution is 2.24. The fraction of sp³-hybridized carbons (Fsp3) is 0.444. The first-order chi connectivity index (χ1) is 12.2. The maximum Gasteiger partial charge on any atom is 0.240 e. The van der Waals surface area contributed by atoms with Crippen molar-refractivity contribution in [3.05, 3.63) is 24.3 Å². The molecule has 1 unspecified atom stereocenters. The highest BCUT2D eigenvalue weighted by molar-refractivity contribution is 8.15. The van der Waals surface area contributed by atoms with E-state index in [4.69, 9.17) is 4.74 Å². The molecular weight excluding hydrogens is 352 g/mol. The molecule has 1 aromatic rings. The molecule has 26 heavy (non-hydrogen) atoms. The number of carbonyl (C=O) groups is 2. The van der Waals surface area contributed by atoms with Gasteiger partial charge in [-0.05, 0) is 31.2 Å². The Kier molecular flexibility index (Phi) is 6.42. The number of nitrogens with zero attached hydrogens (tertiary/aromatic N) is 2. The molecule has 2 amide bonds. The molecule has 8 heteroatoms. The van der Waals surface area contributed by atoms with Crippen LogP contribution in [0.25, 0.3) is 0 Å². The van der Waals surface area contributed by atoms with Crippen molar-refractivity contribution in [1.82, 2.24) is 5.32 Å². The Balaban J connectivity index is 1.93. The Morgan fingerprint density at radius 3 is 2.54 bits per heavy atom. The number of amides is 2. The predicted octanol–water partition coefficient (Wildman–Crippen LogP) is 3.03. The van der Waals surface area contributed by atoms with Crippen LogP contribution in [0.2, 0.25) is 0 Å². The van der Waals surface area contributed by atoms with E-state index < -0.39 is 5.25 Å². The van der Waals surface area contributed by atoms with E-state index in [9.17, 15) is 9.59 Å². The quantitative estimate of drug-likeness (QED) is 0.610. The van der Waals surface area contributed by atoms with Crippen LogP contribution in [0.1, 0.15) is 34.1 Å². The lowest BCUT2D eigenvalue weighted by atomic mass is 9.91. The molecule has 1 fully saturated rings. The van der Waals surface area contributed by atoms with Crippen molar-refractivity contribution >= 4 is 40.1 Å². The molecule has 1 saturated heterocycles. The monoisotopic (exact) mass is 376 g/mol. The van der Waals surface area contributed by atoms with Crippen LogP contribution in [0.5, 0.6) is 5.75 Å². The van der Waals surface area contributed by atoms with E-state index in [0.717, 1.165) is 5.71 Å². The van der Waals surface area contributed by atoms with Gasteiger partial charge in [-0.25, -0.2) is 0 Å². The van der Waals surface area contributed by atoms with Crippen molar-refractivity contribution in [2.24, 2.45) is 15.6 Å². The second-order valence-electron chi connectivity index (χ2n) is 6.92. The van der Waals surface area contributed by atoms with Gasteiger partial charge in [0.1, 0.15) is 11.0 Å². The fourth-order valence-electron chi connectivity index (χ4n) is 1.91. The summed E-state index contributed by atoms with van der Waals surface area (Å²) in [6.07, 6.45) is 0.0590. The number of methoxy groups -OCH3 is 1. The van der Waals surface area contributed by atoms with Gasteiger partial charge in [-0.2, -0.15) is 5.10 Å². The highest BCUT2D eigenvalue weighted by Gasteiger charge is 2.32. The maximum absolute atomic E-state index is 12.2. The summed E-state index contributed by atoms with van der Waals surface area (Å²) in [6.45, 7) is 8.02. The minimum Gasteiger partial charge on any atom is -0.497 e. The van der Waals surface area contributed by atoms with Crippen LogP contribution < -0.4 is 15.4 Å². The van der Waals surface area contributed by atoms with Crippen molar-refractivity contribution < 1.29 is 14.3 Å². The zero-order valence-corrected chi connectivity index (χ0v) is 16.4. The smallest absolute Gasteiger partial charge is 0.240 e. The zero-order chi connectivity index (χ0) is 19.3. The number of anilines is 1. The average molecular weight is 376 g/mol. The van der Waals surface area contributed by atoms with Gasteiger partial charge in [0.2, 0.25) is 11.8 Å². The van der Waals surface area contributed by atoms with E-state index in [1.54, 1.807) is 31.4 Å². The first-order valence-electron chi connectivity index (χ1n) is 8.23. The molecule has 1 heterocycles. The number of nitrogens with one attached hydrogen (secondary N) is 2. The Labute approximate surface area is 157 Å². The number of hydrogen-bond donors (Lipinski definition) is 2. The third-order valence-electron chi connectivity index (χ3n) is 3.90. The lowest BCUT2D eigenvalue weighted by molar-refractivity contribution is -0.122. The summed E-state index contributed by atoms with van der Waals surface area (Å²) in [6, 6.07) is 7.00. The lowest BCUT2D eigenvalue weighted by Crippen LogP contribution is -2.28. The van der Waals surface area contributed by atoms with E-state index in [1.165, 1.54) is 11.8 Å². The van der Waals surface area contributed by atoms with Gasteiger partial charge in [0.05, 0.1) is 7.11 Å². The van der Waals surface area contributed by atoms with Crippen molar-refractivity contribution in [2.45, 2.75) is 39.4 Å². The Morgan fingerprint density at radius 2 is 1.96 bits per heavy atom. The summed E-state index contributed by atoms with van der Waals surface area (Å²) < 4.78 is 5.08. The number of rotatable bonds is 5. The average Bonchev–Trinajstić information content (AvgIpc) is 2.92. The Hall–Kier alpha value is -2.35. The number of carbonyl (C=O) groups excluding carboxylic acids is 2. The normalized spacial score (nSPS) is 19.4. The number of amidine groups is 1. The summed E-state index contributed by atoms with van der Waals surface area (Å²) in [5, 5.41) is 13.6. The summed E-state index contributed by atoms with van der Waals surface area (Å²) >= 11 is 1.22. The molecule has 0 saturated carbocycles. The largest absolute Gasteiger partial charge is 0.497 e. The molecule has 1 aromatic carbocycles. The molecule has 2 rings (SSSR count). The van der Waals surface area contributed by atoms with E-state index in [0.29, 0.717) is 16.6 Å². The van der Waals surface area contributed by atoms with E-state index in [1.807, 2.05) is 27.7 Å². The third kappa shape index (κ3) is 5.59. The molecular formula is C18H24N4O3S. The van der Waals surface area contributed by atoms with Gasteiger partial charge in [-0.15, -0.1) is 5.10 Å². The maximum atomic E-state index is 12.2. The second-order valence-corrected chi connectivity index (χ2v) is 8.11. The van der Waals surface area contributed by atoms with Crippen molar-refractivity contribution in [3.8, 4) is 5.75 Å². The van der Waals surface area contributed by atoms with E-state index in [2.05, 4.69) is 20.8 Å². The molecule has 1 atom stereocenters. The highest BCUT2D eigenvalue weighted by atomic mass is 32.2. The van der Waals surface area contributed by atoms with Crippen LogP contribution in [0.4, 0.5) is 5.69 Å². The Bertz CT molecular complexity index is 736. The molecule has 0 spiro atoms. The molecule has 1 aliphatic heterocycles. The van der Waals surface area contributed by atoms with Crippen molar-refractivity contribution in [2.75, 3.05) is 12.4 Å². The minimum atomic E-state index is -0.517. The van der Waals surface area contributed by atoms with Crippen LogP contribution in [0, 0.1) is 5.41 Å². The van der Waals surface area contributed by atoms with Gasteiger partial charge < -0.3 is 15.4 Å². The SMILES string of the molecule is COc1ccc(NC(=O)CC2S/C(=N\N=C(/C)C(C)(C)C)NC2=O)cc1. The molecule has 2 N–H and O–H groups in total. The lowest BCUT2D eigenvalue weighted by Gasteiger charge is -2.16. The molecule has 0 aliphatic carbocycles. The molecule has 140 valence electrons. The van der Waals surface area contributed by atoms with Crippen LogP contribution in [0.3, 0.4) is 0 Å². The van der Waals surface area contributed by atoms with Gasteiger partial charge in [0, 0.05) is 23.2 Å². The van der Waals surface area contributed by atoms with E-state index in [-0.39, 0.29) is 23.7 Å². The number of ether oxygens (including phenoxy) is 1. The number of thioether (sulfide) groups is 1. The topological polar surface area (TPSA) is 92.2 Å². The summed E-state index contributed by atoms with van der Waals surface area (Å²) in [7, 11) is 1.58. The summed E-state index contributed by atoms with van der Waals surface area (Å²) in [4.78, 5) is 24.2. The van der Waals surface area contributed by atoms with Crippen LogP contribution in [-0.2, 0) is 9.59 Å². The minimum absolute atomic E-state index is 0.0590. The van der Waals surface area contributed by atoms with Gasteiger partial charge in [0.15, 0.2) is 5.17 Å². The van der Waals surface area contributed by atoms with Gasteiger partial charge in [-0.3, -0.25) is 9.59 Å². The van der Waals surface area contributed by atoms with Crippen LogP contribution in [0.15, 0.2) is 34.5 Å². The predicted molar refractivity (Wildman–Crippen MR) is 106 cm³/mol. The molecule has 0 radical (unpaired) electrons. The Morgan fingerprint density at radius 1 is 1.31 bits per heavy atom. The summed E-state index contributed by atoms with van der Waals surface area (Å²) in [5.74, 6) is 0.237. The molecule has 7 nitrogen and oxygen atoms in total. The number of hydrogen-bond acceptors (Lipinski definition) is 6. The first-order valence-corrected chi connectivity index (χ1v) is 9.11. The molecule has 0 aromatic heterocycles. The van der Waals surface area contributed by atoms with E-state index >= 15 is 0 Å². The van der Waals surface area contributed by atoms with Crippen LogP contribution in [-0.4, -0.2) is 35.1 Å². The van der Waals surface area contributed by atoms with Gasteiger partial charge in [0.25, 0.3) is 0 Å². The van der Waals surface area contributed by atoms with Crippen LogP contribution >= 0.6 is 11.8 Å².